The third kappa shape index (κ3) is 5.30. The molecule has 1 atom stereocenters. The quantitative estimate of drug-likeness (QED) is 0.443. The highest BCUT2D eigenvalue weighted by Crippen LogP contribution is 2.37. The number of aromatic nitrogens is 1. The molecule has 2 aromatic carbocycles. The summed E-state index contributed by atoms with van der Waals surface area (Å²) >= 11 is 1.10. The molecule has 32 heavy (non-hydrogen) atoms. The SMILES string of the molecule is CCC(C(N)=O)c1csc(NC(=O)Nc2cc(F)ccc2Oc2c(F)cccc2OC)n1. The minimum atomic E-state index is -0.742. The standard InChI is InChI=1S/C21H20F2N4O4S/c1-3-12(19(24)28)15-10-32-21(26-15)27-20(29)25-14-9-11(22)7-8-16(14)31-18-13(23)5-4-6-17(18)30-2/h4-10,12H,3H2,1-2H3,(H2,24,28)(H2,25,26,27,29). The predicted molar refractivity (Wildman–Crippen MR) is 116 cm³/mol. The van der Waals surface area contributed by atoms with Crippen LogP contribution in [0.1, 0.15) is 25.0 Å². The first-order chi connectivity index (χ1) is 15.3. The Morgan fingerprint density at radius 1 is 1.19 bits per heavy atom. The largest absolute Gasteiger partial charge is 0.493 e. The summed E-state index contributed by atoms with van der Waals surface area (Å²) in [5.74, 6) is -2.52. The van der Waals surface area contributed by atoms with Crippen LogP contribution in [0.2, 0.25) is 0 Å². The van der Waals surface area contributed by atoms with Gasteiger partial charge in [0, 0.05) is 11.4 Å². The fourth-order valence-corrected chi connectivity index (χ4v) is 3.62. The van der Waals surface area contributed by atoms with Crippen LogP contribution in [0, 0.1) is 11.6 Å². The van der Waals surface area contributed by atoms with E-state index in [2.05, 4.69) is 15.6 Å². The molecule has 11 heteroatoms. The van der Waals surface area contributed by atoms with E-state index in [4.69, 9.17) is 15.2 Å². The molecule has 1 unspecified atom stereocenters. The number of nitrogens with two attached hydrogens (primary N) is 1. The Kier molecular flexibility index (Phi) is 7.21. The van der Waals surface area contributed by atoms with Crippen molar-refractivity contribution in [3.05, 3.63) is 59.1 Å². The van der Waals surface area contributed by atoms with Crippen LogP contribution < -0.4 is 25.8 Å². The van der Waals surface area contributed by atoms with Gasteiger partial charge >= 0.3 is 6.03 Å². The number of methoxy groups -OCH3 is 1. The molecular formula is C21H20F2N4O4S. The van der Waals surface area contributed by atoms with Crippen molar-refractivity contribution in [2.75, 3.05) is 17.7 Å². The van der Waals surface area contributed by atoms with Gasteiger partial charge in [0.1, 0.15) is 5.82 Å². The molecule has 1 heterocycles. The minimum Gasteiger partial charge on any atom is -0.493 e. The Labute approximate surface area is 186 Å². The van der Waals surface area contributed by atoms with E-state index in [-0.39, 0.29) is 28.1 Å². The van der Waals surface area contributed by atoms with Gasteiger partial charge in [-0.25, -0.2) is 18.6 Å². The summed E-state index contributed by atoms with van der Waals surface area (Å²) in [5.41, 5.74) is 5.76. The second-order valence-corrected chi connectivity index (χ2v) is 7.39. The summed E-state index contributed by atoms with van der Waals surface area (Å²) in [7, 11) is 1.35. The molecule has 0 aliphatic heterocycles. The van der Waals surface area contributed by atoms with Crippen molar-refractivity contribution >= 4 is 34.1 Å². The zero-order valence-corrected chi connectivity index (χ0v) is 18.0. The fraction of sp³-hybridized carbons (Fsp3) is 0.190. The Hall–Kier alpha value is -3.73. The number of para-hydroxylation sites is 1. The highest BCUT2D eigenvalue weighted by atomic mass is 32.1. The number of nitrogens with zero attached hydrogens (tertiary/aromatic N) is 1. The number of carbonyl (C=O) groups is 2. The molecule has 0 spiro atoms. The number of thiazole rings is 1. The molecule has 1 aromatic heterocycles. The number of nitrogens with one attached hydrogen (secondary N) is 2. The molecule has 8 nitrogen and oxygen atoms in total. The van der Waals surface area contributed by atoms with Crippen LogP contribution in [0.3, 0.4) is 0 Å². The second kappa shape index (κ2) is 10.1. The van der Waals surface area contributed by atoms with E-state index in [1.807, 2.05) is 0 Å². The Morgan fingerprint density at radius 2 is 1.97 bits per heavy atom. The Balaban J connectivity index is 1.78. The molecule has 0 aliphatic carbocycles. The second-order valence-electron chi connectivity index (χ2n) is 6.53. The molecule has 0 bridgehead atoms. The van der Waals surface area contributed by atoms with Crippen molar-refractivity contribution in [3.8, 4) is 17.2 Å². The summed E-state index contributed by atoms with van der Waals surface area (Å²) in [6.45, 7) is 1.80. The van der Waals surface area contributed by atoms with E-state index in [1.54, 1.807) is 12.3 Å². The summed E-state index contributed by atoms with van der Waals surface area (Å²) in [5, 5.41) is 6.79. The zero-order chi connectivity index (χ0) is 23.3. The fourth-order valence-electron chi connectivity index (χ4n) is 2.86. The summed E-state index contributed by atoms with van der Waals surface area (Å²) in [4.78, 5) is 28.1. The average Bonchev–Trinajstić information content (AvgIpc) is 3.19. The maximum atomic E-state index is 14.2. The summed E-state index contributed by atoms with van der Waals surface area (Å²) in [6, 6.07) is 6.75. The number of hydrogen-bond acceptors (Lipinski definition) is 6. The molecule has 0 aliphatic rings. The van der Waals surface area contributed by atoms with Gasteiger partial charge in [-0.2, -0.15) is 0 Å². The van der Waals surface area contributed by atoms with Gasteiger partial charge in [0.2, 0.25) is 11.7 Å². The minimum absolute atomic E-state index is 0.00967. The van der Waals surface area contributed by atoms with Gasteiger partial charge < -0.3 is 20.5 Å². The topological polar surface area (TPSA) is 116 Å². The van der Waals surface area contributed by atoms with Gasteiger partial charge in [0.25, 0.3) is 0 Å². The number of primary amides is 1. The van der Waals surface area contributed by atoms with Crippen molar-refractivity contribution in [2.45, 2.75) is 19.3 Å². The molecule has 3 aromatic rings. The molecule has 3 rings (SSSR count). The number of amides is 3. The molecule has 4 N–H and O–H groups in total. The van der Waals surface area contributed by atoms with Crippen LogP contribution in [-0.2, 0) is 4.79 Å². The van der Waals surface area contributed by atoms with E-state index < -0.39 is 29.5 Å². The van der Waals surface area contributed by atoms with Gasteiger partial charge in [-0.3, -0.25) is 10.1 Å². The lowest BCUT2D eigenvalue weighted by molar-refractivity contribution is -0.119. The van der Waals surface area contributed by atoms with Gasteiger partial charge in [-0.1, -0.05) is 13.0 Å². The predicted octanol–water partition coefficient (Wildman–Crippen LogP) is 4.85. The summed E-state index contributed by atoms with van der Waals surface area (Å²) < 4.78 is 38.7. The van der Waals surface area contributed by atoms with Crippen LogP contribution in [0.4, 0.5) is 24.4 Å². The molecule has 0 radical (unpaired) electrons. The van der Waals surface area contributed by atoms with E-state index >= 15 is 0 Å². The number of hydrogen-bond donors (Lipinski definition) is 3. The lowest BCUT2D eigenvalue weighted by atomic mass is 10.0. The third-order valence-electron chi connectivity index (χ3n) is 4.40. The third-order valence-corrected chi connectivity index (χ3v) is 5.18. The normalized spacial score (nSPS) is 11.5. The van der Waals surface area contributed by atoms with Crippen LogP contribution in [-0.4, -0.2) is 24.0 Å². The Morgan fingerprint density at radius 3 is 2.66 bits per heavy atom. The number of anilines is 2. The lowest BCUT2D eigenvalue weighted by Crippen LogP contribution is -2.22. The average molecular weight is 462 g/mol. The first-order valence-corrected chi connectivity index (χ1v) is 10.3. The van der Waals surface area contributed by atoms with Crippen LogP contribution >= 0.6 is 11.3 Å². The van der Waals surface area contributed by atoms with Gasteiger partial charge in [0.05, 0.1) is 24.4 Å². The van der Waals surface area contributed by atoms with E-state index in [9.17, 15) is 18.4 Å². The maximum absolute atomic E-state index is 14.2. The monoisotopic (exact) mass is 462 g/mol. The maximum Gasteiger partial charge on any atom is 0.325 e. The number of carbonyl (C=O) groups excluding carboxylic acids is 2. The van der Waals surface area contributed by atoms with Crippen LogP contribution in [0.15, 0.2) is 41.8 Å². The van der Waals surface area contributed by atoms with Gasteiger partial charge in [-0.15, -0.1) is 11.3 Å². The highest BCUT2D eigenvalue weighted by Gasteiger charge is 2.20. The van der Waals surface area contributed by atoms with Gasteiger partial charge in [0.15, 0.2) is 22.4 Å². The van der Waals surface area contributed by atoms with E-state index in [0.29, 0.717) is 12.1 Å². The Bertz CT molecular complexity index is 1140. The zero-order valence-electron chi connectivity index (χ0n) is 17.1. The van der Waals surface area contributed by atoms with Crippen molar-refractivity contribution in [3.63, 3.8) is 0 Å². The molecule has 3 amide bonds. The molecule has 0 fully saturated rings. The van der Waals surface area contributed by atoms with Crippen LogP contribution in [0.5, 0.6) is 17.2 Å². The van der Waals surface area contributed by atoms with E-state index in [1.165, 1.54) is 31.4 Å². The van der Waals surface area contributed by atoms with Crippen molar-refractivity contribution in [1.82, 2.24) is 4.98 Å². The lowest BCUT2D eigenvalue weighted by Gasteiger charge is -2.15. The van der Waals surface area contributed by atoms with Crippen LogP contribution in [0.25, 0.3) is 0 Å². The highest BCUT2D eigenvalue weighted by molar-refractivity contribution is 7.14. The number of ether oxygens (including phenoxy) is 2. The number of halogens is 2. The molecule has 0 saturated carbocycles. The van der Waals surface area contributed by atoms with Crippen molar-refractivity contribution < 1.29 is 27.8 Å². The van der Waals surface area contributed by atoms with Crippen molar-refractivity contribution in [1.29, 1.82) is 0 Å². The van der Waals surface area contributed by atoms with E-state index in [0.717, 1.165) is 23.5 Å². The van der Waals surface area contributed by atoms with Crippen molar-refractivity contribution in [2.24, 2.45) is 5.73 Å². The molecule has 0 saturated heterocycles. The molecule has 168 valence electrons. The first-order valence-electron chi connectivity index (χ1n) is 9.45. The molecular weight excluding hydrogens is 442 g/mol. The number of rotatable bonds is 8. The van der Waals surface area contributed by atoms with Gasteiger partial charge in [-0.05, 0) is 30.7 Å². The smallest absolute Gasteiger partial charge is 0.325 e. The number of urea groups is 1. The number of benzene rings is 2. The summed E-state index contributed by atoms with van der Waals surface area (Å²) in [6.07, 6.45) is 0.466. The first kappa shape index (κ1) is 22.9.